The standard InChI is InChI=1S/C14H12IN3/c1-9-8-12(11-6-4-3-5-7-11)18-14(16-9)13(15)10(2)17-18/h3-8H,1-2H3. The molecule has 2 aromatic heterocycles. The predicted octanol–water partition coefficient (Wildman–Crippen LogP) is 3.62. The summed E-state index contributed by atoms with van der Waals surface area (Å²) < 4.78 is 3.05. The molecule has 18 heavy (non-hydrogen) atoms. The third-order valence-electron chi connectivity index (χ3n) is 2.89. The molecule has 0 amide bonds. The zero-order valence-electron chi connectivity index (χ0n) is 10.2. The molecular weight excluding hydrogens is 337 g/mol. The van der Waals surface area contributed by atoms with E-state index in [9.17, 15) is 0 Å². The van der Waals surface area contributed by atoms with Gasteiger partial charge in [0.25, 0.3) is 0 Å². The Morgan fingerprint density at radius 1 is 1.11 bits per heavy atom. The van der Waals surface area contributed by atoms with E-state index in [1.165, 1.54) is 0 Å². The van der Waals surface area contributed by atoms with Crippen LogP contribution >= 0.6 is 22.6 Å². The third kappa shape index (κ3) is 1.80. The Morgan fingerprint density at radius 3 is 2.56 bits per heavy atom. The van der Waals surface area contributed by atoms with Crippen LogP contribution in [0.1, 0.15) is 11.4 Å². The fourth-order valence-corrected chi connectivity index (χ4v) is 2.49. The summed E-state index contributed by atoms with van der Waals surface area (Å²) in [5.41, 5.74) is 5.22. The zero-order chi connectivity index (χ0) is 12.7. The van der Waals surface area contributed by atoms with Gasteiger partial charge in [-0.2, -0.15) is 5.10 Å². The maximum atomic E-state index is 4.58. The molecule has 0 bridgehead atoms. The largest absolute Gasteiger partial charge is 0.233 e. The van der Waals surface area contributed by atoms with Crippen LogP contribution in [-0.2, 0) is 0 Å². The van der Waals surface area contributed by atoms with E-state index in [0.717, 1.165) is 31.9 Å². The van der Waals surface area contributed by atoms with Crippen molar-refractivity contribution < 1.29 is 0 Å². The summed E-state index contributed by atoms with van der Waals surface area (Å²) in [6, 6.07) is 12.4. The number of benzene rings is 1. The molecular formula is C14H12IN3. The summed E-state index contributed by atoms with van der Waals surface area (Å²) in [5.74, 6) is 0. The van der Waals surface area contributed by atoms with E-state index in [1.54, 1.807) is 0 Å². The normalized spacial score (nSPS) is 11.1. The van der Waals surface area contributed by atoms with Crippen LogP contribution < -0.4 is 0 Å². The first-order valence-electron chi connectivity index (χ1n) is 5.75. The number of hydrogen-bond donors (Lipinski definition) is 0. The van der Waals surface area contributed by atoms with Gasteiger partial charge in [0, 0.05) is 11.3 Å². The van der Waals surface area contributed by atoms with Crippen LogP contribution in [0.2, 0.25) is 0 Å². The highest BCUT2D eigenvalue weighted by molar-refractivity contribution is 14.1. The molecule has 0 unspecified atom stereocenters. The monoisotopic (exact) mass is 349 g/mol. The van der Waals surface area contributed by atoms with Crippen molar-refractivity contribution in [3.8, 4) is 11.3 Å². The van der Waals surface area contributed by atoms with Crippen molar-refractivity contribution in [1.29, 1.82) is 0 Å². The van der Waals surface area contributed by atoms with E-state index in [0.29, 0.717) is 0 Å². The van der Waals surface area contributed by atoms with Gasteiger partial charge in [-0.05, 0) is 42.5 Å². The van der Waals surface area contributed by atoms with Crippen molar-refractivity contribution in [2.24, 2.45) is 0 Å². The van der Waals surface area contributed by atoms with E-state index in [1.807, 2.05) is 36.6 Å². The summed E-state index contributed by atoms with van der Waals surface area (Å²) >= 11 is 2.30. The number of aryl methyl sites for hydroxylation is 2. The second-order valence-electron chi connectivity index (χ2n) is 4.28. The second kappa shape index (κ2) is 4.35. The molecule has 0 saturated carbocycles. The van der Waals surface area contributed by atoms with Gasteiger partial charge in [-0.25, -0.2) is 9.50 Å². The quantitative estimate of drug-likeness (QED) is 0.628. The molecule has 3 aromatic rings. The van der Waals surface area contributed by atoms with E-state index in [2.05, 4.69) is 50.9 Å². The SMILES string of the molecule is Cc1cc(-c2ccccc2)n2nc(C)c(I)c2n1. The molecule has 2 heterocycles. The molecule has 4 heteroatoms. The highest BCUT2D eigenvalue weighted by Gasteiger charge is 2.12. The molecule has 0 fully saturated rings. The molecule has 1 aromatic carbocycles. The predicted molar refractivity (Wildman–Crippen MR) is 80.6 cm³/mol. The number of fused-ring (bicyclic) bond motifs is 1. The number of rotatable bonds is 1. The number of halogens is 1. The Morgan fingerprint density at radius 2 is 1.83 bits per heavy atom. The highest BCUT2D eigenvalue weighted by Crippen LogP contribution is 2.24. The zero-order valence-corrected chi connectivity index (χ0v) is 12.3. The molecule has 0 radical (unpaired) electrons. The Hall–Kier alpha value is -1.43. The average molecular weight is 349 g/mol. The van der Waals surface area contributed by atoms with Gasteiger partial charge in [0.2, 0.25) is 0 Å². The summed E-state index contributed by atoms with van der Waals surface area (Å²) in [6.45, 7) is 4.03. The maximum Gasteiger partial charge on any atom is 0.169 e. The smallest absolute Gasteiger partial charge is 0.169 e. The highest BCUT2D eigenvalue weighted by atomic mass is 127. The minimum atomic E-state index is 0.937. The van der Waals surface area contributed by atoms with Gasteiger partial charge >= 0.3 is 0 Å². The summed E-state index contributed by atoms with van der Waals surface area (Å²) in [5, 5.41) is 4.58. The molecule has 0 spiro atoms. The first-order valence-corrected chi connectivity index (χ1v) is 6.82. The van der Waals surface area contributed by atoms with Gasteiger partial charge in [-0.3, -0.25) is 0 Å². The molecule has 3 nitrogen and oxygen atoms in total. The first-order chi connectivity index (χ1) is 8.66. The van der Waals surface area contributed by atoms with Crippen LogP contribution in [0.25, 0.3) is 16.9 Å². The van der Waals surface area contributed by atoms with Crippen LogP contribution in [-0.4, -0.2) is 14.6 Å². The Kier molecular flexibility index (Phi) is 2.81. The fourth-order valence-electron chi connectivity index (χ4n) is 2.03. The molecule has 0 N–H and O–H groups in total. The first kappa shape index (κ1) is 11.6. The van der Waals surface area contributed by atoms with Gasteiger partial charge in [-0.15, -0.1) is 0 Å². The van der Waals surface area contributed by atoms with Crippen LogP contribution in [0.3, 0.4) is 0 Å². The van der Waals surface area contributed by atoms with Gasteiger partial charge in [0.1, 0.15) is 0 Å². The molecule has 90 valence electrons. The Bertz CT molecular complexity index is 717. The van der Waals surface area contributed by atoms with E-state index in [4.69, 9.17) is 0 Å². The van der Waals surface area contributed by atoms with E-state index >= 15 is 0 Å². The molecule has 0 aliphatic carbocycles. The topological polar surface area (TPSA) is 30.2 Å². The lowest BCUT2D eigenvalue weighted by Crippen LogP contribution is -1.98. The Labute approximate surface area is 119 Å². The molecule has 0 saturated heterocycles. The minimum absolute atomic E-state index is 0.937. The second-order valence-corrected chi connectivity index (χ2v) is 5.36. The van der Waals surface area contributed by atoms with Crippen molar-refractivity contribution in [1.82, 2.24) is 14.6 Å². The fraction of sp³-hybridized carbons (Fsp3) is 0.143. The van der Waals surface area contributed by atoms with Crippen molar-refractivity contribution in [3.05, 3.63) is 51.4 Å². The molecule has 0 aliphatic heterocycles. The van der Waals surface area contributed by atoms with Crippen LogP contribution in [0.5, 0.6) is 0 Å². The van der Waals surface area contributed by atoms with E-state index < -0.39 is 0 Å². The molecule has 3 rings (SSSR count). The third-order valence-corrected chi connectivity index (χ3v) is 4.15. The van der Waals surface area contributed by atoms with Crippen LogP contribution in [0, 0.1) is 17.4 Å². The summed E-state index contributed by atoms with van der Waals surface area (Å²) in [4.78, 5) is 4.58. The van der Waals surface area contributed by atoms with Crippen molar-refractivity contribution in [3.63, 3.8) is 0 Å². The summed E-state index contributed by atoms with van der Waals surface area (Å²) in [6.07, 6.45) is 0. The lowest BCUT2D eigenvalue weighted by atomic mass is 10.1. The average Bonchev–Trinajstić information content (AvgIpc) is 2.66. The summed E-state index contributed by atoms with van der Waals surface area (Å²) in [7, 11) is 0. The van der Waals surface area contributed by atoms with Gasteiger partial charge < -0.3 is 0 Å². The number of aromatic nitrogens is 3. The van der Waals surface area contributed by atoms with Crippen molar-refractivity contribution >= 4 is 28.2 Å². The van der Waals surface area contributed by atoms with Crippen molar-refractivity contribution in [2.75, 3.05) is 0 Å². The number of hydrogen-bond acceptors (Lipinski definition) is 2. The lowest BCUT2D eigenvalue weighted by molar-refractivity contribution is 0.917. The lowest BCUT2D eigenvalue weighted by Gasteiger charge is -2.06. The number of nitrogens with zero attached hydrogens (tertiary/aromatic N) is 3. The van der Waals surface area contributed by atoms with E-state index in [-0.39, 0.29) is 0 Å². The van der Waals surface area contributed by atoms with Crippen LogP contribution in [0.4, 0.5) is 0 Å². The van der Waals surface area contributed by atoms with Gasteiger partial charge in [-0.1, -0.05) is 30.3 Å². The Balaban J connectivity index is 2.39. The minimum Gasteiger partial charge on any atom is -0.233 e. The molecule has 0 atom stereocenters. The van der Waals surface area contributed by atoms with Crippen molar-refractivity contribution in [2.45, 2.75) is 13.8 Å². The van der Waals surface area contributed by atoms with Crippen LogP contribution in [0.15, 0.2) is 36.4 Å². The molecule has 0 aliphatic rings. The van der Waals surface area contributed by atoms with Gasteiger partial charge in [0.05, 0.1) is 15.0 Å². The maximum absolute atomic E-state index is 4.58. The van der Waals surface area contributed by atoms with Gasteiger partial charge in [0.15, 0.2) is 5.65 Å².